The number of rotatable bonds is 3. The van der Waals surface area contributed by atoms with Crippen molar-refractivity contribution in [2.75, 3.05) is 19.7 Å². The van der Waals surface area contributed by atoms with Crippen molar-refractivity contribution in [2.24, 2.45) is 0 Å². The molecule has 2 aromatic carbocycles. The van der Waals surface area contributed by atoms with E-state index in [0.29, 0.717) is 6.61 Å². The van der Waals surface area contributed by atoms with Crippen LogP contribution in [0, 0.1) is 0 Å². The predicted molar refractivity (Wildman–Crippen MR) is 83.9 cm³/mol. The fourth-order valence-corrected chi connectivity index (χ4v) is 3.61. The normalized spacial score (nSPS) is 22.6. The Labute approximate surface area is 129 Å². The van der Waals surface area contributed by atoms with Crippen LogP contribution < -0.4 is 10.1 Å². The van der Waals surface area contributed by atoms with Crippen LogP contribution in [-0.4, -0.2) is 30.5 Å². The summed E-state index contributed by atoms with van der Waals surface area (Å²) in [6.07, 6.45) is 0. The highest BCUT2D eigenvalue weighted by Crippen LogP contribution is 2.44. The van der Waals surface area contributed by atoms with E-state index in [-0.39, 0.29) is 5.91 Å². The number of fused-ring (bicyclic) bond motifs is 3. The summed E-state index contributed by atoms with van der Waals surface area (Å²) in [5, 5.41) is 3.55. The van der Waals surface area contributed by atoms with Gasteiger partial charge in [-0.05, 0) is 30.7 Å². The van der Waals surface area contributed by atoms with Crippen LogP contribution in [0.4, 0.5) is 0 Å². The van der Waals surface area contributed by atoms with E-state index in [9.17, 15) is 4.79 Å². The summed E-state index contributed by atoms with van der Waals surface area (Å²) in [5.74, 6) is 0.958. The van der Waals surface area contributed by atoms with Crippen LogP contribution in [0.3, 0.4) is 0 Å². The summed E-state index contributed by atoms with van der Waals surface area (Å²) in [7, 11) is 0. The van der Waals surface area contributed by atoms with Gasteiger partial charge in [-0.25, -0.2) is 0 Å². The van der Waals surface area contributed by atoms with E-state index in [1.807, 2.05) is 60.4 Å². The summed E-state index contributed by atoms with van der Waals surface area (Å²) < 4.78 is 5.52. The molecule has 4 rings (SSSR count). The first-order chi connectivity index (χ1) is 10.8. The van der Waals surface area contributed by atoms with Crippen molar-refractivity contribution in [2.45, 2.75) is 12.6 Å². The SMILES string of the molecule is CCOc1ccc([C@]23NCCN2C(=O)c2ccccc23)cc1. The number of benzene rings is 2. The van der Waals surface area contributed by atoms with Crippen LogP contribution in [0.5, 0.6) is 5.75 Å². The fourth-order valence-electron chi connectivity index (χ4n) is 3.61. The Kier molecular flexibility index (Phi) is 2.94. The molecule has 0 spiro atoms. The molecule has 0 bridgehead atoms. The first-order valence-corrected chi connectivity index (χ1v) is 7.67. The van der Waals surface area contributed by atoms with Crippen molar-refractivity contribution in [1.29, 1.82) is 0 Å². The molecule has 2 aliphatic heterocycles. The van der Waals surface area contributed by atoms with Gasteiger partial charge in [0.2, 0.25) is 0 Å². The lowest BCUT2D eigenvalue weighted by Crippen LogP contribution is -2.46. The van der Waals surface area contributed by atoms with Gasteiger partial charge in [-0.3, -0.25) is 10.1 Å². The van der Waals surface area contributed by atoms with Crippen molar-refractivity contribution in [3.8, 4) is 5.75 Å². The van der Waals surface area contributed by atoms with Gasteiger partial charge in [0.1, 0.15) is 11.4 Å². The second kappa shape index (κ2) is 4.85. The third kappa shape index (κ3) is 1.64. The lowest BCUT2D eigenvalue weighted by atomic mass is 9.91. The molecule has 2 heterocycles. The topological polar surface area (TPSA) is 41.6 Å². The standard InChI is InChI=1S/C18H18N2O2/c1-2-22-14-9-7-13(8-10-14)18-16-6-4-3-5-15(16)17(21)20(18)12-11-19-18/h3-10,19H,2,11-12H2,1H3/t18-/m0/s1. The third-order valence-electron chi connectivity index (χ3n) is 4.50. The Hall–Kier alpha value is -2.33. The van der Waals surface area contributed by atoms with Crippen molar-refractivity contribution >= 4 is 5.91 Å². The Morgan fingerprint density at radius 1 is 1.18 bits per heavy atom. The summed E-state index contributed by atoms with van der Waals surface area (Å²) in [5.41, 5.74) is 2.38. The highest BCUT2D eigenvalue weighted by Gasteiger charge is 2.53. The molecule has 1 amide bonds. The largest absolute Gasteiger partial charge is 0.494 e. The van der Waals surface area contributed by atoms with Crippen LogP contribution in [0.15, 0.2) is 48.5 Å². The molecule has 0 saturated carbocycles. The molecular weight excluding hydrogens is 276 g/mol. The minimum atomic E-state index is -0.529. The number of carbonyl (C=O) groups is 1. The van der Waals surface area contributed by atoms with E-state index in [4.69, 9.17) is 4.74 Å². The molecule has 4 nitrogen and oxygen atoms in total. The highest BCUT2D eigenvalue weighted by molar-refractivity contribution is 6.01. The maximum atomic E-state index is 12.7. The van der Waals surface area contributed by atoms with Crippen molar-refractivity contribution in [1.82, 2.24) is 10.2 Å². The molecule has 2 aromatic rings. The number of nitrogens with zero attached hydrogens (tertiary/aromatic N) is 1. The molecule has 1 fully saturated rings. The van der Waals surface area contributed by atoms with Crippen LogP contribution >= 0.6 is 0 Å². The number of ether oxygens (including phenoxy) is 1. The molecule has 2 aliphatic rings. The molecule has 22 heavy (non-hydrogen) atoms. The molecule has 1 atom stereocenters. The summed E-state index contributed by atoms with van der Waals surface area (Å²) in [4.78, 5) is 14.6. The van der Waals surface area contributed by atoms with Gasteiger partial charge in [-0.1, -0.05) is 30.3 Å². The van der Waals surface area contributed by atoms with E-state index in [0.717, 1.165) is 35.5 Å². The first kappa shape index (κ1) is 13.3. The predicted octanol–water partition coefficient (Wildman–Crippen LogP) is 2.35. The van der Waals surface area contributed by atoms with Crippen molar-refractivity contribution in [3.05, 3.63) is 65.2 Å². The van der Waals surface area contributed by atoms with Gasteiger partial charge in [0.15, 0.2) is 0 Å². The summed E-state index contributed by atoms with van der Waals surface area (Å²) in [6, 6.07) is 15.9. The zero-order valence-electron chi connectivity index (χ0n) is 12.5. The van der Waals surface area contributed by atoms with Gasteiger partial charge in [0.05, 0.1) is 6.61 Å². The Morgan fingerprint density at radius 2 is 1.95 bits per heavy atom. The molecule has 0 aliphatic carbocycles. The average molecular weight is 294 g/mol. The number of hydrogen-bond acceptors (Lipinski definition) is 3. The number of amides is 1. The number of nitrogens with one attached hydrogen (secondary N) is 1. The van der Waals surface area contributed by atoms with Gasteiger partial charge < -0.3 is 9.64 Å². The monoisotopic (exact) mass is 294 g/mol. The van der Waals surface area contributed by atoms with Gasteiger partial charge in [0, 0.05) is 24.2 Å². The average Bonchev–Trinajstić information content (AvgIpc) is 3.09. The summed E-state index contributed by atoms with van der Waals surface area (Å²) in [6.45, 7) is 4.14. The van der Waals surface area contributed by atoms with Crippen LogP contribution in [0.2, 0.25) is 0 Å². The second-order valence-electron chi connectivity index (χ2n) is 5.60. The minimum absolute atomic E-state index is 0.106. The number of carbonyl (C=O) groups excluding carboxylic acids is 1. The maximum absolute atomic E-state index is 12.7. The zero-order chi connectivity index (χ0) is 15.2. The smallest absolute Gasteiger partial charge is 0.256 e. The quantitative estimate of drug-likeness (QED) is 0.945. The molecular formula is C18H18N2O2. The Bertz CT molecular complexity index is 726. The van der Waals surface area contributed by atoms with Crippen LogP contribution in [0.25, 0.3) is 0 Å². The Balaban J connectivity index is 1.86. The highest BCUT2D eigenvalue weighted by atomic mass is 16.5. The van der Waals surface area contributed by atoms with E-state index in [2.05, 4.69) is 5.32 Å². The first-order valence-electron chi connectivity index (χ1n) is 7.67. The Morgan fingerprint density at radius 3 is 2.73 bits per heavy atom. The molecule has 112 valence electrons. The van der Waals surface area contributed by atoms with Crippen LogP contribution in [0.1, 0.15) is 28.4 Å². The molecule has 1 saturated heterocycles. The second-order valence-corrected chi connectivity index (χ2v) is 5.60. The molecule has 4 heteroatoms. The van der Waals surface area contributed by atoms with Crippen molar-refractivity contribution < 1.29 is 9.53 Å². The van der Waals surface area contributed by atoms with E-state index >= 15 is 0 Å². The lowest BCUT2D eigenvalue weighted by molar-refractivity contribution is 0.0694. The van der Waals surface area contributed by atoms with Gasteiger partial charge in [-0.2, -0.15) is 0 Å². The molecule has 0 unspecified atom stereocenters. The number of hydrogen-bond donors (Lipinski definition) is 1. The van der Waals surface area contributed by atoms with E-state index in [1.54, 1.807) is 0 Å². The lowest BCUT2D eigenvalue weighted by Gasteiger charge is -2.33. The van der Waals surface area contributed by atoms with Gasteiger partial charge in [0.25, 0.3) is 5.91 Å². The fraction of sp³-hybridized carbons (Fsp3) is 0.278. The minimum Gasteiger partial charge on any atom is -0.494 e. The van der Waals surface area contributed by atoms with Gasteiger partial charge in [-0.15, -0.1) is 0 Å². The molecule has 1 N–H and O–H groups in total. The zero-order valence-corrected chi connectivity index (χ0v) is 12.5. The van der Waals surface area contributed by atoms with Crippen molar-refractivity contribution in [3.63, 3.8) is 0 Å². The summed E-state index contributed by atoms with van der Waals surface area (Å²) >= 11 is 0. The van der Waals surface area contributed by atoms with Crippen LogP contribution in [-0.2, 0) is 5.66 Å². The third-order valence-corrected chi connectivity index (χ3v) is 4.50. The maximum Gasteiger partial charge on any atom is 0.256 e. The van der Waals surface area contributed by atoms with E-state index < -0.39 is 5.66 Å². The van der Waals surface area contributed by atoms with Gasteiger partial charge >= 0.3 is 0 Å². The van der Waals surface area contributed by atoms with E-state index in [1.165, 1.54) is 0 Å². The molecule has 0 aromatic heterocycles. The molecule has 0 radical (unpaired) electrons.